The van der Waals surface area contributed by atoms with E-state index in [2.05, 4.69) is 28.7 Å². The first-order chi connectivity index (χ1) is 7.26. The lowest BCUT2D eigenvalue weighted by molar-refractivity contribution is 0.827. The molecule has 0 saturated carbocycles. The molecule has 0 radical (unpaired) electrons. The minimum Gasteiger partial charge on any atom is -0.228 e. The van der Waals surface area contributed by atoms with Crippen LogP contribution in [0.25, 0.3) is 0 Å². The number of nitrogens with zero attached hydrogens (tertiary/aromatic N) is 2. The molecule has 0 saturated heterocycles. The van der Waals surface area contributed by atoms with Gasteiger partial charge in [0.2, 0.25) is 0 Å². The third kappa shape index (κ3) is 4.35. The number of rotatable bonds is 3. The van der Waals surface area contributed by atoms with Crippen molar-refractivity contribution in [2.75, 3.05) is 6.26 Å². The Morgan fingerprint density at radius 3 is 2.87 bits per heavy atom. The second kappa shape index (κ2) is 6.47. The summed E-state index contributed by atoms with van der Waals surface area (Å²) >= 11 is 1.55. The monoisotopic (exact) mass is 220 g/mol. The summed E-state index contributed by atoms with van der Waals surface area (Å²) in [4.78, 5) is 8.61. The van der Waals surface area contributed by atoms with Crippen molar-refractivity contribution < 1.29 is 0 Å². The molecular formula is C12H16N2S. The molecule has 15 heavy (non-hydrogen) atoms. The van der Waals surface area contributed by atoms with E-state index in [1.54, 1.807) is 11.8 Å². The van der Waals surface area contributed by atoms with E-state index in [1.807, 2.05) is 19.2 Å². The highest BCUT2D eigenvalue weighted by Gasteiger charge is 1.97. The molecule has 0 spiro atoms. The van der Waals surface area contributed by atoms with Gasteiger partial charge in [-0.1, -0.05) is 31.0 Å². The van der Waals surface area contributed by atoms with E-state index in [0.717, 1.165) is 29.4 Å². The van der Waals surface area contributed by atoms with Crippen molar-refractivity contribution in [1.82, 2.24) is 9.97 Å². The lowest BCUT2D eigenvalue weighted by atomic mass is 10.2. The summed E-state index contributed by atoms with van der Waals surface area (Å²) in [6.45, 7) is 4.14. The average Bonchev–Trinajstić information content (AvgIpc) is 2.23. The zero-order valence-electron chi connectivity index (χ0n) is 9.50. The Hall–Kier alpha value is -1.01. The predicted molar refractivity (Wildman–Crippen MR) is 65.0 cm³/mol. The maximum Gasteiger partial charge on any atom is 0.188 e. The topological polar surface area (TPSA) is 25.8 Å². The van der Waals surface area contributed by atoms with Crippen molar-refractivity contribution in [2.45, 2.75) is 38.3 Å². The van der Waals surface area contributed by atoms with Gasteiger partial charge in [0.25, 0.3) is 0 Å². The summed E-state index contributed by atoms with van der Waals surface area (Å²) in [5.41, 5.74) is 1.82. The number of hydrogen-bond donors (Lipinski definition) is 0. The molecule has 3 heteroatoms. The molecule has 0 amide bonds. The maximum atomic E-state index is 4.33. The Labute approximate surface area is 95.9 Å². The normalized spacial score (nSPS) is 9.53. The van der Waals surface area contributed by atoms with E-state index >= 15 is 0 Å². The summed E-state index contributed by atoms with van der Waals surface area (Å²) in [5, 5.41) is 0.801. The predicted octanol–water partition coefficient (Wildman–Crippen LogP) is 3.05. The van der Waals surface area contributed by atoms with E-state index < -0.39 is 0 Å². The van der Waals surface area contributed by atoms with Gasteiger partial charge in [0.15, 0.2) is 5.16 Å². The molecule has 0 atom stereocenters. The molecule has 0 aromatic carbocycles. The van der Waals surface area contributed by atoms with Crippen LogP contribution in [0.3, 0.4) is 0 Å². The second-order valence-electron chi connectivity index (χ2n) is 3.29. The average molecular weight is 220 g/mol. The molecule has 0 aliphatic rings. The van der Waals surface area contributed by atoms with Crippen LogP contribution in [0.15, 0.2) is 11.2 Å². The van der Waals surface area contributed by atoms with E-state index in [9.17, 15) is 0 Å². The van der Waals surface area contributed by atoms with Gasteiger partial charge < -0.3 is 0 Å². The maximum absolute atomic E-state index is 4.33. The number of hydrogen-bond acceptors (Lipinski definition) is 3. The van der Waals surface area contributed by atoms with Crippen LogP contribution < -0.4 is 0 Å². The Morgan fingerprint density at radius 1 is 1.40 bits per heavy atom. The van der Waals surface area contributed by atoms with Crippen LogP contribution in [-0.2, 0) is 0 Å². The van der Waals surface area contributed by atoms with Crippen LogP contribution in [-0.4, -0.2) is 16.2 Å². The SMILES string of the molecule is CCCCC#Cc1cc(C)nc(SC)n1. The molecule has 0 bridgehead atoms. The van der Waals surface area contributed by atoms with Crippen molar-refractivity contribution in [1.29, 1.82) is 0 Å². The number of aromatic nitrogens is 2. The molecule has 0 aliphatic carbocycles. The second-order valence-corrected chi connectivity index (χ2v) is 4.06. The van der Waals surface area contributed by atoms with Crippen LogP contribution >= 0.6 is 11.8 Å². The molecule has 1 aromatic heterocycles. The first-order valence-corrected chi connectivity index (χ1v) is 6.37. The molecule has 0 fully saturated rings. The first kappa shape index (κ1) is 12.1. The quantitative estimate of drug-likeness (QED) is 0.339. The van der Waals surface area contributed by atoms with Crippen LogP contribution in [0, 0.1) is 18.8 Å². The molecule has 1 aromatic rings. The number of unbranched alkanes of at least 4 members (excludes halogenated alkanes) is 2. The third-order valence-electron chi connectivity index (χ3n) is 1.89. The fraction of sp³-hybridized carbons (Fsp3) is 0.500. The van der Waals surface area contributed by atoms with Crippen molar-refractivity contribution in [3.8, 4) is 11.8 Å². The standard InChI is InChI=1S/C12H16N2S/c1-4-5-6-7-8-11-9-10(2)13-12(14-11)15-3/h9H,4-6H2,1-3H3. The van der Waals surface area contributed by atoms with Crippen molar-refractivity contribution in [3.05, 3.63) is 17.5 Å². The van der Waals surface area contributed by atoms with Gasteiger partial charge in [-0.25, -0.2) is 9.97 Å². The van der Waals surface area contributed by atoms with E-state index in [4.69, 9.17) is 0 Å². The molecule has 0 N–H and O–H groups in total. The van der Waals surface area contributed by atoms with Crippen LogP contribution in [0.2, 0.25) is 0 Å². The van der Waals surface area contributed by atoms with Gasteiger partial charge in [0.05, 0.1) is 0 Å². The largest absolute Gasteiger partial charge is 0.228 e. The van der Waals surface area contributed by atoms with E-state index in [-0.39, 0.29) is 0 Å². The zero-order chi connectivity index (χ0) is 11.1. The van der Waals surface area contributed by atoms with E-state index in [1.165, 1.54) is 6.42 Å². The minimum atomic E-state index is 0.801. The highest BCUT2D eigenvalue weighted by Crippen LogP contribution is 2.09. The summed E-state index contributed by atoms with van der Waals surface area (Å²) in [5.74, 6) is 6.21. The molecule has 80 valence electrons. The van der Waals surface area contributed by atoms with Gasteiger partial charge in [0.1, 0.15) is 5.69 Å². The Kier molecular flexibility index (Phi) is 5.20. The van der Waals surface area contributed by atoms with E-state index in [0.29, 0.717) is 0 Å². The van der Waals surface area contributed by atoms with Crippen LogP contribution in [0.4, 0.5) is 0 Å². The summed E-state index contributed by atoms with van der Waals surface area (Å²) in [6.07, 6.45) is 5.28. The van der Waals surface area contributed by atoms with Crippen LogP contribution in [0.5, 0.6) is 0 Å². The minimum absolute atomic E-state index is 0.801. The first-order valence-electron chi connectivity index (χ1n) is 5.14. The van der Waals surface area contributed by atoms with Crippen molar-refractivity contribution in [2.24, 2.45) is 0 Å². The molecule has 2 nitrogen and oxygen atoms in total. The van der Waals surface area contributed by atoms with Crippen LogP contribution in [0.1, 0.15) is 37.6 Å². The Morgan fingerprint density at radius 2 is 2.20 bits per heavy atom. The smallest absolute Gasteiger partial charge is 0.188 e. The van der Waals surface area contributed by atoms with Gasteiger partial charge in [-0.15, -0.1) is 0 Å². The zero-order valence-corrected chi connectivity index (χ0v) is 10.3. The molecule has 1 rings (SSSR count). The van der Waals surface area contributed by atoms with Gasteiger partial charge in [-0.2, -0.15) is 0 Å². The molecule has 0 unspecified atom stereocenters. The van der Waals surface area contributed by atoms with Gasteiger partial charge in [-0.3, -0.25) is 0 Å². The highest BCUT2D eigenvalue weighted by atomic mass is 32.2. The fourth-order valence-electron chi connectivity index (χ4n) is 1.11. The highest BCUT2D eigenvalue weighted by molar-refractivity contribution is 7.98. The van der Waals surface area contributed by atoms with Gasteiger partial charge in [-0.05, 0) is 31.6 Å². The molecule has 0 aliphatic heterocycles. The Balaban J connectivity index is 2.74. The third-order valence-corrected chi connectivity index (χ3v) is 2.44. The molecular weight excluding hydrogens is 204 g/mol. The lowest BCUT2D eigenvalue weighted by Crippen LogP contribution is -1.92. The number of thioether (sulfide) groups is 1. The van der Waals surface area contributed by atoms with Crippen molar-refractivity contribution >= 4 is 11.8 Å². The van der Waals surface area contributed by atoms with Gasteiger partial charge >= 0.3 is 0 Å². The van der Waals surface area contributed by atoms with Crippen molar-refractivity contribution in [3.63, 3.8) is 0 Å². The summed E-state index contributed by atoms with van der Waals surface area (Å²) in [7, 11) is 0. The molecule has 1 heterocycles. The van der Waals surface area contributed by atoms with Gasteiger partial charge in [0, 0.05) is 12.1 Å². The Bertz CT molecular complexity index is 377. The summed E-state index contributed by atoms with van der Waals surface area (Å²) < 4.78 is 0. The lowest BCUT2D eigenvalue weighted by Gasteiger charge is -1.97. The number of aryl methyl sites for hydroxylation is 1. The summed E-state index contributed by atoms with van der Waals surface area (Å²) in [6, 6.07) is 1.93. The fourth-order valence-corrected chi connectivity index (χ4v) is 1.54.